The van der Waals surface area contributed by atoms with E-state index in [1.165, 1.54) is 17.4 Å². The quantitative estimate of drug-likeness (QED) is 0.757. The van der Waals surface area contributed by atoms with Crippen molar-refractivity contribution < 1.29 is 4.39 Å². The number of nitrogens with one attached hydrogen (secondary N) is 2. The normalized spacial score (nSPS) is 10.9. The molecule has 0 fully saturated rings. The number of fused-ring (bicyclic) bond motifs is 1. The molecule has 0 unspecified atom stereocenters. The number of aromatic nitrogens is 2. The molecule has 0 atom stereocenters. The maximum Gasteiger partial charge on any atom is 0.268 e. The van der Waals surface area contributed by atoms with Gasteiger partial charge in [-0.3, -0.25) is 4.79 Å². The number of para-hydroxylation sites is 1. The van der Waals surface area contributed by atoms with E-state index >= 15 is 0 Å². The van der Waals surface area contributed by atoms with E-state index < -0.39 is 0 Å². The Morgan fingerprint density at radius 2 is 2.25 bits per heavy atom. The van der Waals surface area contributed by atoms with Gasteiger partial charge in [0, 0.05) is 4.47 Å². The first kappa shape index (κ1) is 13.3. The summed E-state index contributed by atoms with van der Waals surface area (Å²) in [6.07, 6.45) is 0. The number of hydrogen-bond donors (Lipinski definition) is 2. The van der Waals surface area contributed by atoms with Gasteiger partial charge in [0.2, 0.25) is 0 Å². The minimum atomic E-state index is -0.363. The number of benzene rings is 1. The lowest BCUT2D eigenvalue weighted by Crippen LogP contribution is -2.13. The molecule has 0 spiro atoms. The molecule has 0 saturated heterocycles. The molecule has 0 aliphatic carbocycles. The fraction of sp³-hybridized carbons (Fsp3) is 0.0769. The highest BCUT2D eigenvalue weighted by Gasteiger charge is 2.08. The minimum absolute atomic E-state index is 0.172. The summed E-state index contributed by atoms with van der Waals surface area (Å²) < 4.78 is 14.9. The van der Waals surface area contributed by atoms with Crippen molar-refractivity contribution in [1.29, 1.82) is 0 Å². The third kappa shape index (κ3) is 2.46. The zero-order chi connectivity index (χ0) is 14.1. The van der Waals surface area contributed by atoms with E-state index in [9.17, 15) is 9.18 Å². The van der Waals surface area contributed by atoms with Crippen LogP contribution >= 0.6 is 27.3 Å². The topological polar surface area (TPSA) is 57.8 Å². The highest BCUT2D eigenvalue weighted by molar-refractivity contribution is 9.10. The zero-order valence-electron chi connectivity index (χ0n) is 10.1. The molecule has 0 amide bonds. The lowest BCUT2D eigenvalue weighted by Gasteiger charge is -2.09. The third-order valence-corrected chi connectivity index (χ3v) is 4.32. The summed E-state index contributed by atoms with van der Waals surface area (Å²) in [6, 6.07) is 6.51. The van der Waals surface area contributed by atoms with E-state index in [2.05, 4.69) is 31.2 Å². The highest BCUT2D eigenvalue weighted by Crippen LogP contribution is 2.25. The van der Waals surface area contributed by atoms with Gasteiger partial charge in [-0.15, -0.1) is 11.3 Å². The largest absolute Gasteiger partial charge is 0.375 e. The van der Waals surface area contributed by atoms with Crippen LogP contribution in [-0.4, -0.2) is 9.97 Å². The van der Waals surface area contributed by atoms with Gasteiger partial charge in [-0.25, -0.2) is 9.37 Å². The minimum Gasteiger partial charge on any atom is -0.375 e. The maximum absolute atomic E-state index is 13.7. The summed E-state index contributed by atoms with van der Waals surface area (Å²) in [5.41, 5.74) is 0.832. The lowest BCUT2D eigenvalue weighted by atomic mass is 10.3. The Morgan fingerprint density at radius 1 is 1.40 bits per heavy atom. The summed E-state index contributed by atoms with van der Waals surface area (Å²) >= 11 is 4.62. The van der Waals surface area contributed by atoms with Crippen LogP contribution in [-0.2, 0) is 6.54 Å². The fourth-order valence-corrected chi connectivity index (χ4v) is 3.05. The van der Waals surface area contributed by atoms with Gasteiger partial charge in [-0.2, -0.15) is 0 Å². The number of H-pyrrole nitrogens is 1. The van der Waals surface area contributed by atoms with Crippen LogP contribution < -0.4 is 10.9 Å². The Labute approximate surface area is 125 Å². The molecular formula is C13H9BrFN3OS. The van der Waals surface area contributed by atoms with Crippen LogP contribution in [0.1, 0.15) is 5.82 Å². The molecule has 20 heavy (non-hydrogen) atoms. The molecule has 0 radical (unpaired) electrons. The van der Waals surface area contributed by atoms with Crippen LogP contribution in [0.4, 0.5) is 10.1 Å². The fourth-order valence-electron chi connectivity index (χ4n) is 1.84. The molecule has 102 valence electrons. The molecule has 0 saturated carbocycles. The van der Waals surface area contributed by atoms with Gasteiger partial charge in [0.05, 0.1) is 17.7 Å². The number of anilines is 1. The molecule has 3 aromatic rings. The summed E-state index contributed by atoms with van der Waals surface area (Å²) in [7, 11) is 0. The van der Waals surface area contributed by atoms with Crippen molar-refractivity contribution in [3.63, 3.8) is 0 Å². The Morgan fingerprint density at radius 3 is 3.05 bits per heavy atom. The van der Waals surface area contributed by atoms with Crippen molar-refractivity contribution >= 4 is 43.2 Å². The van der Waals surface area contributed by atoms with Gasteiger partial charge in [0.25, 0.3) is 5.56 Å². The van der Waals surface area contributed by atoms with E-state index in [1.807, 2.05) is 5.38 Å². The van der Waals surface area contributed by atoms with Crippen molar-refractivity contribution in [3.05, 3.63) is 56.1 Å². The van der Waals surface area contributed by atoms with E-state index in [1.54, 1.807) is 18.2 Å². The molecule has 2 heterocycles. The number of thiophene rings is 1. The van der Waals surface area contributed by atoms with Crippen molar-refractivity contribution in [1.82, 2.24) is 9.97 Å². The van der Waals surface area contributed by atoms with Gasteiger partial charge in [-0.1, -0.05) is 6.07 Å². The van der Waals surface area contributed by atoms with Crippen LogP contribution in [0.5, 0.6) is 0 Å². The first-order valence-electron chi connectivity index (χ1n) is 5.79. The monoisotopic (exact) mass is 353 g/mol. The second kappa shape index (κ2) is 5.34. The van der Waals surface area contributed by atoms with Crippen molar-refractivity contribution in [2.75, 3.05) is 5.32 Å². The van der Waals surface area contributed by atoms with Crippen molar-refractivity contribution in [2.24, 2.45) is 0 Å². The lowest BCUT2D eigenvalue weighted by molar-refractivity contribution is 0.629. The van der Waals surface area contributed by atoms with Gasteiger partial charge in [0.1, 0.15) is 16.3 Å². The number of aromatic amines is 1. The highest BCUT2D eigenvalue weighted by atomic mass is 79.9. The molecular weight excluding hydrogens is 345 g/mol. The molecule has 0 aliphatic rings. The smallest absolute Gasteiger partial charge is 0.268 e. The van der Waals surface area contributed by atoms with Crippen molar-refractivity contribution in [3.8, 4) is 0 Å². The molecule has 2 N–H and O–H groups in total. The van der Waals surface area contributed by atoms with Gasteiger partial charge < -0.3 is 10.3 Å². The van der Waals surface area contributed by atoms with Crippen LogP contribution in [0.2, 0.25) is 0 Å². The predicted molar refractivity (Wildman–Crippen MR) is 81.7 cm³/mol. The number of hydrogen-bond acceptors (Lipinski definition) is 4. The van der Waals surface area contributed by atoms with Gasteiger partial charge >= 0.3 is 0 Å². The van der Waals surface area contributed by atoms with Crippen molar-refractivity contribution in [2.45, 2.75) is 6.54 Å². The van der Waals surface area contributed by atoms with Crippen LogP contribution in [0.25, 0.3) is 10.2 Å². The van der Waals surface area contributed by atoms with Gasteiger partial charge in [0.15, 0.2) is 0 Å². The number of halogens is 2. The zero-order valence-corrected chi connectivity index (χ0v) is 12.5. The molecule has 1 aromatic carbocycles. The van der Waals surface area contributed by atoms with Gasteiger partial charge in [-0.05, 0) is 39.5 Å². The summed E-state index contributed by atoms with van der Waals surface area (Å²) in [4.78, 5) is 18.8. The van der Waals surface area contributed by atoms with Crippen LogP contribution in [0.3, 0.4) is 0 Å². The molecule has 7 heteroatoms. The van der Waals surface area contributed by atoms with E-state index in [0.29, 0.717) is 26.2 Å². The second-order valence-electron chi connectivity index (χ2n) is 4.10. The Balaban J connectivity index is 1.88. The van der Waals surface area contributed by atoms with Crippen LogP contribution in [0.15, 0.2) is 38.9 Å². The summed E-state index contributed by atoms with van der Waals surface area (Å²) in [6.45, 7) is 0.237. The predicted octanol–water partition coefficient (Wildman–Crippen LogP) is 3.50. The third-order valence-electron chi connectivity index (χ3n) is 2.76. The first-order valence-corrected chi connectivity index (χ1v) is 7.46. The Kier molecular flexibility index (Phi) is 3.54. The molecule has 0 bridgehead atoms. The standard InChI is InChI=1S/C13H9BrFN3OS/c14-7-2-1-3-8(15)11(7)16-6-10-17-9-4-5-20-12(9)13(19)18-10/h1-5,16H,6H2,(H,17,18,19). The summed E-state index contributed by atoms with van der Waals surface area (Å²) in [5, 5.41) is 4.75. The Bertz CT molecular complexity index is 810. The summed E-state index contributed by atoms with van der Waals surface area (Å²) in [5.74, 6) is 0.106. The van der Waals surface area contributed by atoms with E-state index in [0.717, 1.165) is 0 Å². The second-order valence-corrected chi connectivity index (χ2v) is 5.87. The average Bonchev–Trinajstić information content (AvgIpc) is 2.87. The molecule has 2 aromatic heterocycles. The first-order chi connectivity index (χ1) is 9.65. The van der Waals surface area contributed by atoms with Crippen LogP contribution in [0, 0.1) is 5.82 Å². The molecule has 0 aliphatic heterocycles. The Hall–Kier alpha value is -1.73. The number of nitrogens with zero attached hydrogens (tertiary/aromatic N) is 1. The average molecular weight is 354 g/mol. The maximum atomic E-state index is 13.7. The van der Waals surface area contributed by atoms with E-state index in [4.69, 9.17) is 0 Å². The SMILES string of the molecule is O=c1[nH]c(CNc2c(F)cccc2Br)nc2ccsc12. The molecule has 4 nitrogen and oxygen atoms in total. The number of rotatable bonds is 3. The molecule has 3 rings (SSSR count). The van der Waals surface area contributed by atoms with E-state index in [-0.39, 0.29) is 17.9 Å².